The van der Waals surface area contributed by atoms with Crippen molar-refractivity contribution in [3.8, 4) is 0 Å². The molecule has 3 heterocycles. The van der Waals surface area contributed by atoms with Gasteiger partial charge in [0.05, 0.1) is 12.7 Å². The van der Waals surface area contributed by atoms with Crippen LogP contribution in [-0.4, -0.2) is 68.1 Å². The average Bonchev–Trinajstić information content (AvgIpc) is 3.53. The number of pyridine rings is 1. The molecule has 0 saturated heterocycles. The van der Waals surface area contributed by atoms with Gasteiger partial charge in [0.25, 0.3) is 0 Å². The first-order valence-corrected chi connectivity index (χ1v) is 10.7. The Morgan fingerprint density at radius 1 is 0.972 bits per heavy atom. The molecule has 8 nitrogen and oxygen atoms in total. The molecule has 0 aromatic carbocycles. The van der Waals surface area contributed by atoms with Gasteiger partial charge < -0.3 is 19.5 Å². The molecule has 2 aliphatic rings. The van der Waals surface area contributed by atoms with Crippen LogP contribution < -0.4 is 0 Å². The lowest BCUT2D eigenvalue weighted by Gasteiger charge is -2.24. The Balaban J connectivity index is 0.000000271. The number of ether oxygens (including phenoxy) is 1. The number of hydrogen-bond acceptors (Lipinski definition) is 5. The molecule has 0 amide bonds. The van der Waals surface area contributed by atoms with Crippen molar-refractivity contribution in [1.82, 2.24) is 14.5 Å². The Kier molecular flexibility index (Phi) is 10.3. The second kappa shape index (κ2) is 12.7. The van der Waals surface area contributed by atoms with Crippen LogP contribution in [0.1, 0.15) is 24.1 Å². The van der Waals surface area contributed by atoms with E-state index in [2.05, 4.69) is 32.8 Å². The van der Waals surface area contributed by atoms with Gasteiger partial charge in [-0.1, -0.05) is 0 Å². The summed E-state index contributed by atoms with van der Waals surface area (Å²) in [6.45, 7) is 4.93. The normalized spacial score (nSPS) is 18.0. The fraction of sp³-hybridized carbons (Fsp3) is 0.500. The lowest BCUT2D eigenvalue weighted by Crippen LogP contribution is -2.34. The summed E-state index contributed by atoms with van der Waals surface area (Å²) >= 11 is 0. The van der Waals surface area contributed by atoms with Crippen molar-refractivity contribution in [2.24, 2.45) is 5.92 Å². The van der Waals surface area contributed by atoms with E-state index in [-0.39, 0.29) is 6.10 Å². The van der Waals surface area contributed by atoms with Crippen molar-refractivity contribution < 1.29 is 50.9 Å². The van der Waals surface area contributed by atoms with E-state index in [9.17, 15) is 26.3 Å². The molecular weight excluding hydrogens is 500 g/mol. The smallest absolute Gasteiger partial charge is 0.475 e. The van der Waals surface area contributed by atoms with E-state index in [0.29, 0.717) is 6.61 Å². The van der Waals surface area contributed by atoms with Crippen LogP contribution in [-0.2, 0) is 34.0 Å². The molecule has 4 rings (SSSR count). The van der Waals surface area contributed by atoms with Gasteiger partial charge in [-0.2, -0.15) is 26.3 Å². The van der Waals surface area contributed by atoms with Crippen LogP contribution in [0.2, 0.25) is 0 Å². The Labute approximate surface area is 202 Å². The maximum Gasteiger partial charge on any atom is 0.490 e. The molecule has 0 bridgehead atoms. The van der Waals surface area contributed by atoms with E-state index in [1.54, 1.807) is 0 Å². The van der Waals surface area contributed by atoms with Crippen molar-refractivity contribution in [2.45, 2.75) is 51.0 Å². The highest BCUT2D eigenvalue weighted by Crippen LogP contribution is 2.31. The quantitative estimate of drug-likeness (QED) is 0.570. The van der Waals surface area contributed by atoms with Gasteiger partial charge in [-0.3, -0.25) is 9.88 Å². The third-order valence-electron chi connectivity index (χ3n) is 5.10. The molecule has 1 aliphatic carbocycles. The molecule has 2 aromatic heterocycles. The fourth-order valence-electron chi connectivity index (χ4n) is 3.23. The Bertz CT molecular complexity index is 953. The molecule has 1 unspecified atom stereocenters. The number of rotatable bonds is 5. The molecule has 2 aromatic rings. The maximum absolute atomic E-state index is 10.6. The van der Waals surface area contributed by atoms with Crippen molar-refractivity contribution in [1.29, 1.82) is 0 Å². The Morgan fingerprint density at radius 2 is 1.53 bits per heavy atom. The number of carboxylic acid groups (broad SMARTS) is 2. The summed E-state index contributed by atoms with van der Waals surface area (Å²) in [6, 6.07) is 8.44. The number of aromatic nitrogens is 2. The lowest BCUT2D eigenvalue weighted by atomic mass is 10.2. The summed E-state index contributed by atoms with van der Waals surface area (Å²) < 4.78 is 72.0. The van der Waals surface area contributed by atoms with Crippen LogP contribution in [0, 0.1) is 5.92 Å². The van der Waals surface area contributed by atoms with Crippen LogP contribution in [0.25, 0.3) is 0 Å². The summed E-state index contributed by atoms with van der Waals surface area (Å²) in [7, 11) is 0. The van der Waals surface area contributed by atoms with Crippen LogP contribution in [0.4, 0.5) is 26.3 Å². The minimum absolute atomic E-state index is 0.251. The zero-order valence-corrected chi connectivity index (χ0v) is 18.9. The molecule has 2 N–H and O–H groups in total. The van der Waals surface area contributed by atoms with Crippen molar-refractivity contribution in [2.75, 3.05) is 13.1 Å². The number of carbonyl (C=O) groups is 2. The van der Waals surface area contributed by atoms with Gasteiger partial charge in [-0.25, -0.2) is 9.59 Å². The number of nitrogens with zero attached hydrogens (tertiary/aromatic N) is 3. The zero-order valence-electron chi connectivity index (χ0n) is 18.9. The van der Waals surface area contributed by atoms with Crippen molar-refractivity contribution >= 4 is 11.9 Å². The third-order valence-corrected chi connectivity index (χ3v) is 5.10. The van der Waals surface area contributed by atoms with Gasteiger partial charge in [-0.05, 0) is 48.6 Å². The van der Waals surface area contributed by atoms with E-state index < -0.39 is 24.3 Å². The van der Waals surface area contributed by atoms with Crippen LogP contribution >= 0.6 is 0 Å². The van der Waals surface area contributed by atoms with Gasteiger partial charge >= 0.3 is 24.3 Å². The van der Waals surface area contributed by atoms with Gasteiger partial charge in [0.1, 0.15) is 0 Å². The Hall–Kier alpha value is -3.13. The topological polar surface area (TPSA) is 105 Å². The highest BCUT2D eigenvalue weighted by molar-refractivity contribution is 5.73. The average molecular weight is 525 g/mol. The van der Waals surface area contributed by atoms with Crippen LogP contribution in [0.5, 0.6) is 0 Å². The van der Waals surface area contributed by atoms with Gasteiger partial charge in [0, 0.05) is 50.5 Å². The minimum atomic E-state index is -5.08. The third kappa shape index (κ3) is 10.6. The molecule has 200 valence electrons. The van der Waals surface area contributed by atoms with Gasteiger partial charge in [-0.15, -0.1) is 0 Å². The fourth-order valence-corrected chi connectivity index (χ4v) is 3.23. The summed E-state index contributed by atoms with van der Waals surface area (Å²) in [5, 5.41) is 14.2. The van der Waals surface area contributed by atoms with E-state index in [4.69, 9.17) is 24.5 Å². The van der Waals surface area contributed by atoms with E-state index in [1.165, 1.54) is 30.6 Å². The van der Waals surface area contributed by atoms with Crippen molar-refractivity contribution in [3.05, 3.63) is 54.1 Å². The first-order valence-electron chi connectivity index (χ1n) is 10.7. The molecule has 1 saturated carbocycles. The predicted molar refractivity (Wildman–Crippen MR) is 113 cm³/mol. The first-order chi connectivity index (χ1) is 16.8. The standard InChI is InChI=1S/C18H23N3O.2C2HF3O2/c1-2-17-11-20(10-15-3-4-15)12-18(13-21(17)9-1)22-14-16-5-7-19-8-6-16;2*3-2(4,5)1(6)7/h1-2,5-9,15,18H,3-4,10-14H2;2*(H,6,7). The second-order valence-corrected chi connectivity index (χ2v) is 8.18. The summed E-state index contributed by atoms with van der Waals surface area (Å²) in [4.78, 5) is 24.4. The number of alkyl halides is 6. The molecule has 1 fully saturated rings. The van der Waals surface area contributed by atoms with E-state index in [0.717, 1.165) is 25.6 Å². The number of hydrogen-bond donors (Lipinski definition) is 2. The number of carboxylic acids is 2. The SMILES string of the molecule is O=C(O)C(F)(F)F.O=C(O)C(F)(F)F.c1cc2n(c1)CC(OCc1ccncc1)CN(CC1CC1)C2. The molecule has 0 radical (unpaired) electrons. The number of fused-ring (bicyclic) bond motifs is 1. The summed E-state index contributed by atoms with van der Waals surface area (Å²) in [6.07, 6.45) is -1.27. The molecular formula is C22H25F6N3O5. The van der Waals surface area contributed by atoms with Gasteiger partial charge in [0.2, 0.25) is 0 Å². The van der Waals surface area contributed by atoms with Crippen LogP contribution in [0.15, 0.2) is 42.9 Å². The minimum Gasteiger partial charge on any atom is -0.475 e. The monoisotopic (exact) mass is 525 g/mol. The highest BCUT2D eigenvalue weighted by Gasteiger charge is 2.38. The summed E-state index contributed by atoms with van der Waals surface area (Å²) in [5.41, 5.74) is 2.61. The number of aliphatic carboxylic acids is 2. The molecule has 14 heteroatoms. The number of halogens is 6. The van der Waals surface area contributed by atoms with E-state index >= 15 is 0 Å². The first kappa shape index (κ1) is 29.1. The van der Waals surface area contributed by atoms with Gasteiger partial charge in [0.15, 0.2) is 0 Å². The van der Waals surface area contributed by atoms with Crippen LogP contribution in [0.3, 0.4) is 0 Å². The predicted octanol–water partition coefficient (Wildman–Crippen LogP) is 3.96. The molecule has 1 atom stereocenters. The zero-order chi connectivity index (χ0) is 26.9. The maximum atomic E-state index is 10.6. The molecule has 36 heavy (non-hydrogen) atoms. The summed E-state index contributed by atoms with van der Waals surface area (Å²) in [5.74, 6) is -4.60. The molecule has 0 spiro atoms. The lowest BCUT2D eigenvalue weighted by molar-refractivity contribution is -0.193. The largest absolute Gasteiger partial charge is 0.490 e. The van der Waals surface area contributed by atoms with Crippen molar-refractivity contribution in [3.63, 3.8) is 0 Å². The Morgan fingerprint density at radius 3 is 2.03 bits per heavy atom. The molecule has 1 aliphatic heterocycles. The van der Waals surface area contributed by atoms with E-state index in [1.807, 2.05) is 24.5 Å². The highest BCUT2D eigenvalue weighted by atomic mass is 19.4. The second-order valence-electron chi connectivity index (χ2n) is 8.18.